The van der Waals surface area contributed by atoms with Crippen LogP contribution < -0.4 is 5.32 Å². The molecule has 0 saturated heterocycles. The Balaban J connectivity index is 2.21. The predicted octanol–water partition coefficient (Wildman–Crippen LogP) is 3.55. The van der Waals surface area contributed by atoms with E-state index in [9.17, 15) is 0 Å². The Hall–Kier alpha value is -0.350. The van der Waals surface area contributed by atoms with Crippen molar-refractivity contribution in [3.05, 3.63) is 15.9 Å². The molecule has 1 heterocycles. The fourth-order valence-electron chi connectivity index (χ4n) is 2.97. The van der Waals surface area contributed by atoms with E-state index in [1.165, 1.54) is 28.7 Å². The first-order valence-corrected chi connectivity index (χ1v) is 8.34. The average Bonchev–Trinajstić information content (AvgIpc) is 3.12. The number of nitrogens with one attached hydrogen (secondary N) is 1. The van der Waals surface area contributed by atoms with Gasteiger partial charge in [-0.15, -0.1) is 0 Å². The third-order valence-electron chi connectivity index (χ3n) is 4.53. The predicted molar refractivity (Wildman–Crippen MR) is 83.5 cm³/mol. The molecule has 1 aromatic heterocycles. The minimum atomic E-state index is 0.455. The number of rotatable bonds is 7. The highest BCUT2D eigenvalue weighted by Gasteiger charge is 2.47. The van der Waals surface area contributed by atoms with Crippen LogP contribution in [0.5, 0.6) is 0 Å². The molecule has 1 aromatic rings. The molecule has 0 bridgehead atoms. The number of halogens is 1. The molecule has 0 aliphatic heterocycles. The highest BCUT2D eigenvalue weighted by molar-refractivity contribution is 9.10. The number of aryl methyl sites for hydroxylation is 2. The van der Waals surface area contributed by atoms with Crippen LogP contribution in [0.15, 0.2) is 4.47 Å². The average molecular weight is 328 g/mol. The molecule has 0 radical (unpaired) electrons. The van der Waals surface area contributed by atoms with E-state index in [1.807, 2.05) is 0 Å². The number of nitrogens with zero attached hydrogens (tertiary/aromatic N) is 2. The molecular formula is C15H26BrN3. The summed E-state index contributed by atoms with van der Waals surface area (Å²) in [5.74, 6) is 0. The molecule has 1 N–H and O–H groups in total. The maximum atomic E-state index is 4.71. The van der Waals surface area contributed by atoms with E-state index >= 15 is 0 Å². The molecule has 1 saturated carbocycles. The van der Waals surface area contributed by atoms with Crippen molar-refractivity contribution < 1.29 is 0 Å². The number of hydrogen-bond donors (Lipinski definition) is 1. The van der Waals surface area contributed by atoms with E-state index in [4.69, 9.17) is 5.10 Å². The molecule has 1 aliphatic rings. The zero-order chi connectivity index (χ0) is 14.0. The van der Waals surface area contributed by atoms with Gasteiger partial charge in [0.1, 0.15) is 0 Å². The third-order valence-corrected chi connectivity index (χ3v) is 5.45. The maximum absolute atomic E-state index is 4.71. The molecule has 3 nitrogen and oxygen atoms in total. The lowest BCUT2D eigenvalue weighted by molar-refractivity contribution is 0.346. The monoisotopic (exact) mass is 327 g/mol. The summed E-state index contributed by atoms with van der Waals surface area (Å²) in [4.78, 5) is 0. The summed E-state index contributed by atoms with van der Waals surface area (Å²) in [5, 5.41) is 8.31. The normalized spacial score (nSPS) is 18.6. The van der Waals surface area contributed by atoms with Crippen LogP contribution in [0.2, 0.25) is 0 Å². The Morgan fingerprint density at radius 3 is 2.53 bits per heavy atom. The Morgan fingerprint density at radius 2 is 2.05 bits per heavy atom. The SMILES string of the molecule is CCNC(C)C1(Cc2c(Br)c(CC)nn2CC)CC1. The second-order valence-electron chi connectivity index (χ2n) is 5.70. The van der Waals surface area contributed by atoms with Gasteiger partial charge < -0.3 is 5.32 Å². The third kappa shape index (κ3) is 2.89. The van der Waals surface area contributed by atoms with Crippen LogP contribution in [0.3, 0.4) is 0 Å². The Labute approximate surface area is 125 Å². The fraction of sp³-hybridized carbons (Fsp3) is 0.800. The molecule has 108 valence electrons. The quantitative estimate of drug-likeness (QED) is 0.830. The highest BCUT2D eigenvalue weighted by Crippen LogP contribution is 2.52. The van der Waals surface area contributed by atoms with Crippen molar-refractivity contribution in [2.45, 2.75) is 66.0 Å². The topological polar surface area (TPSA) is 29.9 Å². The van der Waals surface area contributed by atoms with Gasteiger partial charge in [0.15, 0.2) is 0 Å². The van der Waals surface area contributed by atoms with Gasteiger partial charge in [-0.3, -0.25) is 4.68 Å². The van der Waals surface area contributed by atoms with Gasteiger partial charge in [-0.25, -0.2) is 0 Å². The lowest BCUT2D eigenvalue weighted by Crippen LogP contribution is -2.36. The van der Waals surface area contributed by atoms with E-state index in [0.29, 0.717) is 11.5 Å². The van der Waals surface area contributed by atoms with Crippen molar-refractivity contribution in [2.24, 2.45) is 5.41 Å². The zero-order valence-electron chi connectivity index (χ0n) is 12.6. The van der Waals surface area contributed by atoms with Crippen LogP contribution in [-0.4, -0.2) is 22.4 Å². The first-order chi connectivity index (χ1) is 9.07. The molecule has 1 atom stereocenters. The summed E-state index contributed by atoms with van der Waals surface area (Å²) >= 11 is 3.77. The van der Waals surface area contributed by atoms with Crippen molar-refractivity contribution in [3.8, 4) is 0 Å². The minimum absolute atomic E-state index is 0.455. The van der Waals surface area contributed by atoms with Gasteiger partial charge in [-0.05, 0) is 67.4 Å². The van der Waals surface area contributed by atoms with Crippen molar-refractivity contribution >= 4 is 15.9 Å². The molecule has 19 heavy (non-hydrogen) atoms. The van der Waals surface area contributed by atoms with Crippen molar-refractivity contribution in [2.75, 3.05) is 6.54 Å². The Kier molecular flexibility index (Phi) is 4.72. The van der Waals surface area contributed by atoms with Gasteiger partial charge in [0.2, 0.25) is 0 Å². The maximum Gasteiger partial charge on any atom is 0.0766 e. The van der Waals surface area contributed by atoms with Gasteiger partial charge in [0.05, 0.1) is 15.9 Å². The molecule has 1 fully saturated rings. The Bertz CT molecular complexity index is 435. The molecule has 0 amide bonds. The van der Waals surface area contributed by atoms with E-state index in [1.54, 1.807) is 0 Å². The summed E-state index contributed by atoms with van der Waals surface area (Å²) in [6, 6.07) is 0.592. The summed E-state index contributed by atoms with van der Waals surface area (Å²) < 4.78 is 3.42. The van der Waals surface area contributed by atoms with Gasteiger partial charge in [0, 0.05) is 12.6 Å². The highest BCUT2D eigenvalue weighted by atomic mass is 79.9. The summed E-state index contributed by atoms with van der Waals surface area (Å²) in [6.07, 6.45) is 4.81. The lowest BCUT2D eigenvalue weighted by Gasteiger charge is -2.24. The van der Waals surface area contributed by atoms with E-state index in [-0.39, 0.29) is 0 Å². The Morgan fingerprint density at radius 1 is 1.37 bits per heavy atom. The van der Waals surface area contributed by atoms with Crippen LogP contribution in [0.25, 0.3) is 0 Å². The van der Waals surface area contributed by atoms with Gasteiger partial charge >= 0.3 is 0 Å². The molecule has 1 aliphatic carbocycles. The molecule has 0 aromatic carbocycles. The zero-order valence-corrected chi connectivity index (χ0v) is 14.2. The molecule has 0 spiro atoms. The van der Waals surface area contributed by atoms with Crippen LogP contribution in [0, 0.1) is 5.41 Å². The van der Waals surface area contributed by atoms with E-state index < -0.39 is 0 Å². The van der Waals surface area contributed by atoms with Gasteiger partial charge in [0.25, 0.3) is 0 Å². The largest absolute Gasteiger partial charge is 0.314 e. The van der Waals surface area contributed by atoms with Crippen LogP contribution >= 0.6 is 15.9 Å². The van der Waals surface area contributed by atoms with Crippen molar-refractivity contribution in [1.82, 2.24) is 15.1 Å². The van der Waals surface area contributed by atoms with Crippen LogP contribution in [0.1, 0.15) is 51.9 Å². The second-order valence-corrected chi connectivity index (χ2v) is 6.49. The lowest BCUT2D eigenvalue weighted by atomic mass is 9.92. The smallest absolute Gasteiger partial charge is 0.0766 e. The molecule has 4 heteroatoms. The molecule has 2 rings (SSSR count). The van der Waals surface area contributed by atoms with E-state index in [2.05, 4.69) is 53.6 Å². The fourth-order valence-corrected chi connectivity index (χ4v) is 3.67. The number of hydrogen-bond acceptors (Lipinski definition) is 2. The number of aromatic nitrogens is 2. The first kappa shape index (κ1) is 15.0. The van der Waals surface area contributed by atoms with Crippen LogP contribution in [0.4, 0.5) is 0 Å². The molecular weight excluding hydrogens is 302 g/mol. The van der Waals surface area contributed by atoms with Crippen LogP contribution in [-0.2, 0) is 19.4 Å². The van der Waals surface area contributed by atoms with Crippen molar-refractivity contribution in [3.63, 3.8) is 0 Å². The molecule has 1 unspecified atom stereocenters. The summed E-state index contributed by atoms with van der Waals surface area (Å²) in [5.41, 5.74) is 3.04. The van der Waals surface area contributed by atoms with Gasteiger partial charge in [-0.1, -0.05) is 13.8 Å². The second kappa shape index (κ2) is 5.96. The summed E-state index contributed by atoms with van der Waals surface area (Å²) in [6.45, 7) is 10.9. The van der Waals surface area contributed by atoms with Gasteiger partial charge in [-0.2, -0.15) is 5.10 Å². The summed E-state index contributed by atoms with van der Waals surface area (Å²) in [7, 11) is 0. The van der Waals surface area contributed by atoms with E-state index in [0.717, 1.165) is 25.9 Å². The standard InChI is InChI=1S/C15H26BrN3/c1-5-12-14(16)13(19(7-3)18-12)10-15(8-9-15)11(4)17-6-2/h11,17H,5-10H2,1-4H3. The minimum Gasteiger partial charge on any atom is -0.314 e. The van der Waals surface area contributed by atoms with Crippen molar-refractivity contribution in [1.29, 1.82) is 0 Å². The first-order valence-electron chi connectivity index (χ1n) is 7.55.